The molecule has 0 amide bonds. The Morgan fingerprint density at radius 2 is 2.33 bits per heavy atom. The van der Waals surface area contributed by atoms with Gasteiger partial charge in [0.1, 0.15) is 0 Å². The molecular weight excluding hydrogens is 296 g/mol. The van der Waals surface area contributed by atoms with E-state index in [1.165, 1.54) is 0 Å². The standard InChI is InChI=1S/C13H15BrN2O2/c1-10-6-12(14)8-16(13(10)17)4-3-15-7-11-2-5-18-9-11/h2,5-6,8-9,15H,3-4,7H2,1H3. The molecule has 0 unspecified atom stereocenters. The molecule has 0 saturated carbocycles. The molecule has 0 bridgehead atoms. The van der Waals surface area contributed by atoms with E-state index in [1.54, 1.807) is 17.1 Å². The summed E-state index contributed by atoms with van der Waals surface area (Å²) in [5, 5.41) is 3.27. The summed E-state index contributed by atoms with van der Waals surface area (Å²) in [6.45, 7) is 3.96. The number of hydrogen-bond donors (Lipinski definition) is 1. The molecule has 2 aromatic rings. The van der Waals surface area contributed by atoms with E-state index in [9.17, 15) is 4.79 Å². The number of pyridine rings is 1. The van der Waals surface area contributed by atoms with Gasteiger partial charge in [0.2, 0.25) is 0 Å². The molecule has 0 aromatic carbocycles. The van der Waals surface area contributed by atoms with Crippen molar-refractivity contribution in [3.8, 4) is 0 Å². The van der Waals surface area contributed by atoms with Crippen LogP contribution >= 0.6 is 15.9 Å². The summed E-state index contributed by atoms with van der Waals surface area (Å²) < 4.78 is 7.61. The van der Waals surface area contributed by atoms with Crippen LogP contribution in [0.25, 0.3) is 0 Å². The zero-order chi connectivity index (χ0) is 13.0. The lowest BCUT2D eigenvalue weighted by atomic mass is 10.3. The van der Waals surface area contributed by atoms with E-state index in [0.717, 1.165) is 28.7 Å². The lowest BCUT2D eigenvalue weighted by Crippen LogP contribution is -2.27. The van der Waals surface area contributed by atoms with Crippen molar-refractivity contribution >= 4 is 15.9 Å². The van der Waals surface area contributed by atoms with Crippen LogP contribution in [0.3, 0.4) is 0 Å². The predicted molar refractivity (Wildman–Crippen MR) is 73.6 cm³/mol. The first-order chi connectivity index (χ1) is 8.66. The normalized spacial score (nSPS) is 10.8. The largest absolute Gasteiger partial charge is 0.472 e. The summed E-state index contributed by atoms with van der Waals surface area (Å²) >= 11 is 3.40. The second-order valence-electron chi connectivity index (χ2n) is 4.15. The van der Waals surface area contributed by atoms with Gasteiger partial charge in [0.15, 0.2) is 0 Å². The molecule has 0 atom stereocenters. The monoisotopic (exact) mass is 310 g/mol. The number of aryl methyl sites for hydroxylation is 1. The van der Waals surface area contributed by atoms with Crippen LogP contribution in [-0.4, -0.2) is 11.1 Å². The van der Waals surface area contributed by atoms with Crippen molar-refractivity contribution in [1.29, 1.82) is 0 Å². The quantitative estimate of drug-likeness (QED) is 0.862. The predicted octanol–water partition coefficient (Wildman–Crippen LogP) is 2.30. The molecule has 0 aliphatic rings. The fraction of sp³-hybridized carbons (Fsp3) is 0.308. The van der Waals surface area contributed by atoms with E-state index >= 15 is 0 Å². The minimum absolute atomic E-state index is 0.0586. The van der Waals surface area contributed by atoms with Crippen molar-refractivity contribution in [3.63, 3.8) is 0 Å². The van der Waals surface area contributed by atoms with Crippen molar-refractivity contribution in [2.75, 3.05) is 6.54 Å². The maximum atomic E-state index is 11.8. The third kappa shape index (κ3) is 3.34. The highest BCUT2D eigenvalue weighted by Crippen LogP contribution is 2.07. The second-order valence-corrected chi connectivity index (χ2v) is 5.06. The number of halogens is 1. The zero-order valence-corrected chi connectivity index (χ0v) is 11.7. The summed E-state index contributed by atoms with van der Waals surface area (Å²) in [5.41, 5.74) is 1.91. The average molecular weight is 311 g/mol. The maximum Gasteiger partial charge on any atom is 0.253 e. The minimum atomic E-state index is 0.0586. The average Bonchev–Trinajstić information content (AvgIpc) is 2.83. The molecule has 4 nitrogen and oxygen atoms in total. The molecule has 18 heavy (non-hydrogen) atoms. The zero-order valence-electron chi connectivity index (χ0n) is 10.1. The van der Waals surface area contributed by atoms with Crippen LogP contribution in [0, 0.1) is 6.92 Å². The van der Waals surface area contributed by atoms with Crippen LogP contribution in [0.5, 0.6) is 0 Å². The van der Waals surface area contributed by atoms with E-state index in [2.05, 4.69) is 21.2 Å². The summed E-state index contributed by atoms with van der Waals surface area (Å²) in [6.07, 6.45) is 5.18. The third-order valence-electron chi connectivity index (χ3n) is 2.67. The topological polar surface area (TPSA) is 47.2 Å². The van der Waals surface area contributed by atoms with Gasteiger partial charge in [-0.25, -0.2) is 0 Å². The van der Waals surface area contributed by atoms with Gasteiger partial charge in [0.25, 0.3) is 5.56 Å². The summed E-state index contributed by atoms with van der Waals surface area (Å²) in [7, 11) is 0. The minimum Gasteiger partial charge on any atom is -0.472 e. The number of furan rings is 1. The van der Waals surface area contributed by atoms with Crippen LogP contribution in [0.15, 0.2) is 44.5 Å². The van der Waals surface area contributed by atoms with Crippen molar-refractivity contribution in [1.82, 2.24) is 9.88 Å². The van der Waals surface area contributed by atoms with Gasteiger partial charge in [0.05, 0.1) is 12.5 Å². The second kappa shape index (κ2) is 6.02. The summed E-state index contributed by atoms with van der Waals surface area (Å²) in [6, 6.07) is 3.75. The van der Waals surface area contributed by atoms with Crippen LogP contribution in [0.2, 0.25) is 0 Å². The van der Waals surface area contributed by atoms with Crippen LogP contribution in [0.4, 0.5) is 0 Å². The Hall–Kier alpha value is -1.33. The molecule has 2 heterocycles. The highest BCUT2D eigenvalue weighted by molar-refractivity contribution is 9.10. The van der Waals surface area contributed by atoms with Gasteiger partial charge in [-0.3, -0.25) is 4.79 Å². The number of hydrogen-bond acceptors (Lipinski definition) is 3. The van der Waals surface area contributed by atoms with Crippen LogP contribution < -0.4 is 10.9 Å². The highest BCUT2D eigenvalue weighted by atomic mass is 79.9. The van der Waals surface area contributed by atoms with Gasteiger partial charge in [-0.2, -0.15) is 0 Å². The Morgan fingerprint density at radius 1 is 1.50 bits per heavy atom. The fourth-order valence-electron chi connectivity index (χ4n) is 1.73. The van der Waals surface area contributed by atoms with Crippen molar-refractivity contribution in [3.05, 3.63) is 56.8 Å². The lowest BCUT2D eigenvalue weighted by molar-refractivity contribution is 0.553. The molecule has 0 aliphatic heterocycles. The molecule has 96 valence electrons. The molecule has 2 aromatic heterocycles. The Morgan fingerprint density at radius 3 is 3.06 bits per heavy atom. The van der Waals surface area contributed by atoms with E-state index in [-0.39, 0.29) is 5.56 Å². The van der Waals surface area contributed by atoms with Crippen molar-refractivity contribution in [2.45, 2.75) is 20.0 Å². The Bertz CT molecular complexity index is 561. The summed E-state index contributed by atoms with van der Waals surface area (Å²) in [5.74, 6) is 0. The van der Waals surface area contributed by atoms with Gasteiger partial charge < -0.3 is 14.3 Å². The smallest absolute Gasteiger partial charge is 0.253 e. The first-order valence-electron chi connectivity index (χ1n) is 5.75. The summed E-state index contributed by atoms with van der Waals surface area (Å²) in [4.78, 5) is 11.8. The van der Waals surface area contributed by atoms with Gasteiger partial charge in [-0.05, 0) is 35.0 Å². The van der Waals surface area contributed by atoms with Crippen molar-refractivity contribution in [2.24, 2.45) is 0 Å². The molecule has 5 heteroatoms. The lowest BCUT2D eigenvalue weighted by Gasteiger charge is -2.08. The van der Waals surface area contributed by atoms with E-state index < -0.39 is 0 Å². The Kier molecular flexibility index (Phi) is 4.38. The molecule has 0 fully saturated rings. The van der Waals surface area contributed by atoms with Gasteiger partial charge in [0, 0.05) is 41.4 Å². The Balaban J connectivity index is 1.89. The molecule has 0 aliphatic carbocycles. The van der Waals surface area contributed by atoms with Crippen LogP contribution in [0.1, 0.15) is 11.1 Å². The van der Waals surface area contributed by atoms with E-state index in [0.29, 0.717) is 6.54 Å². The first-order valence-corrected chi connectivity index (χ1v) is 6.54. The highest BCUT2D eigenvalue weighted by Gasteiger charge is 2.01. The molecule has 1 N–H and O–H groups in total. The molecule has 0 saturated heterocycles. The van der Waals surface area contributed by atoms with E-state index in [4.69, 9.17) is 4.42 Å². The number of nitrogens with one attached hydrogen (secondary N) is 1. The molecule has 0 radical (unpaired) electrons. The fourth-order valence-corrected chi connectivity index (χ4v) is 2.32. The molecule has 2 rings (SSSR count). The number of nitrogens with zero attached hydrogens (tertiary/aromatic N) is 1. The van der Waals surface area contributed by atoms with Gasteiger partial charge >= 0.3 is 0 Å². The third-order valence-corrected chi connectivity index (χ3v) is 3.10. The van der Waals surface area contributed by atoms with Crippen LogP contribution in [-0.2, 0) is 13.1 Å². The van der Waals surface area contributed by atoms with Gasteiger partial charge in [-0.1, -0.05) is 0 Å². The molecular formula is C13H15BrN2O2. The number of aromatic nitrogens is 1. The first kappa shape index (κ1) is 13.1. The Labute approximate surface area is 114 Å². The molecule has 0 spiro atoms. The number of rotatable bonds is 5. The SMILES string of the molecule is Cc1cc(Br)cn(CCNCc2ccoc2)c1=O. The van der Waals surface area contributed by atoms with Crippen molar-refractivity contribution < 1.29 is 4.42 Å². The maximum absolute atomic E-state index is 11.8. The van der Waals surface area contributed by atoms with E-state index in [1.807, 2.05) is 25.3 Å². The van der Waals surface area contributed by atoms with Gasteiger partial charge in [-0.15, -0.1) is 0 Å².